The molecule has 1 aromatic carbocycles. The molecule has 0 heterocycles. The van der Waals surface area contributed by atoms with Crippen LogP contribution >= 0.6 is 0 Å². The third-order valence-electron chi connectivity index (χ3n) is 3.37. The topological polar surface area (TPSA) is 46.5 Å². The van der Waals surface area contributed by atoms with Gasteiger partial charge in [-0.1, -0.05) is 29.8 Å². The van der Waals surface area contributed by atoms with Gasteiger partial charge in [-0.3, -0.25) is 4.79 Å². The van der Waals surface area contributed by atoms with Gasteiger partial charge >= 0.3 is 5.97 Å². The van der Waals surface area contributed by atoms with Gasteiger partial charge < -0.3 is 9.84 Å². The second-order valence-electron chi connectivity index (χ2n) is 5.30. The van der Waals surface area contributed by atoms with E-state index in [1.807, 2.05) is 45.0 Å². The molecule has 1 N–H and O–H groups in total. The number of carboxylic acids is 1. The highest BCUT2D eigenvalue weighted by Gasteiger charge is 2.24. The highest BCUT2D eigenvalue weighted by atomic mass is 16.5. The van der Waals surface area contributed by atoms with E-state index < -0.39 is 11.9 Å². The monoisotopic (exact) mass is 250 g/mol. The number of ether oxygens (including phenoxy) is 1. The van der Waals surface area contributed by atoms with Crippen LogP contribution in [0.15, 0.2) is 24.3 Å². The first-order valence-corrected chi connectivity index (χ1v) is 6.20. The molecule has 0 aliphatic rings. The van der Waals surface area contributed by atoms with Crippen LogP contribution in [0.4, 0.5) is 0 Å². The number of hydrogen-bond acceptors (Lipinski definition) is 2. The van der Waals surface area contributed by atoms with Crippen molar-refractivity contribution in [2.24, 2.45) is 0 Å². The molecule has 0 saturated heterocycles. The van der Waals surface area contributed by atoms with Gasteiger partial charge in [-0.15, -0.1) is 0 Å². The molecular formula is C15H22O3. The summed E-state index contributed by atoms with van der Waals surface area (Å²) in [5.74, 6) is -1.23. The molecule has 0 fully saturated rings. The molecule has 1 aromatic rings. The lowest BCUT2D eigenvalue weighted by molar-refractivity contribution is -0.139. The number of methoxy groups -OCH3 is 1. The molecule has 1 unspecified atom stereocenters. The molecule has 0 spiro atoms. The quantitative estimate of drug-likeness (QED) is 0.842. The molecule has 0 aliphatic heterocycles. The molecule has 3 heteroatoms. The number of benzene rings is 1. The predicted molar refractivity (Wildman–Crippen MR) is 71.9 cm³/mol. The number of rotatable bonds is 6. The summed E-state index contributed by atoms with van der Waals surface area (Å²) in [4.78, 5) is 11.3. The Balaban J connectivity index is 2.78. The van der Waals surface area contributed by atoms with Crippen LogP contribution in [0.2, 0.25) is 0 Å². The first-order valence-electron chi connectivity index (χ1n) is 6.20. The number of aliphatic carboxylic acids is 1. The third kappa shape index (κ3) is 4.15. The molecule has 18 heavy (non-hydrogen) atoms. The zero-order valence-corrected chi connectivity index (χ0v) is 11.6. The van der Waals surface area contributed by atoms with Crippen molar-refractivity contribution in [3.63, 3.8) is 0 Å². The minimum absolute atomic E-state index is 0.279. The van der Waals surface area contributed by atoms with E-state index >= 15 is 0 Å². The Kier molecular flexibility index (Phi) is 4.91. The zero-order valence-electron chi connectivity index (χ0n) is 11.6. The Morgan fingerprint density at radius 3 is 2.33 bits per heavy atom. The van der Waals surface area contributed by atoms with Crippen LogP contribution in [0.1, 0.15) is 43.7 Å². The van der Waals surface area contributed by atoms with Crippen molar-refractivity contribution in [3.05, 3.63) is 35.4 Å². The second kappa shape index (κ2) is 6.01. The lowest BCUT2D eigenvalue weighted by Gasteiger charge is -2.24. The Morgan fingerprint density at radius 2 is 1.89 bits per heavy atom. The summed E-state index contributed by atoms with van der Waals surface area (Å²) in [6.07, 6.45) is 1.30. The largest absolute Gasteiger partial charge is 0.481 e. The molecule has 0 aromatic heterocycles. The van der Waals surface area contributed by atoms with Gasteiger partial charge in [-0.2, -0.15) is 0 Å². The van der Waals surface area contributed by atoms with Gasteiger partial charge in [0.05, 0.1) is 11.5 Å². The molecule has 3 nitrogen and oxygen atoms in total. The molecule has 100 valence electrons. The predicted octanol–water partition coefficient (Wildman–Crippen LogP) is 3.37. The molecular weight excluding hydrogens is 228 g/mol. The van der Waals surface area contributed by atoms with Crippen molar-refractivity contribution in [2.75, 3.05) is 7.11 Å². The van der Waals surface area contributed by atoms with Gasteiger partial charge in [-0.25, -0.2) is 0 Å². The van der Waals surface area contributed by atoms with Crippen LogP contribution in [-0.4, -0.2) is 23.8 Å². The fraction of sp³-hybridized carbons (Fsp3) is 0.533. The van der Waals surface area contributed by atoms with Gasteiger partial charge in [0.1, 0.15) is 0 Å². The second-order valence-corrected chi connectivity index (χ2v) is 5.30. The smallest absolute Gasteiger partial charge is 0.310 e. The Bertz CT molecular complexity index is 393. The maximum atomic E-state index is 11.3. The van der Waals surface area contributed by atoms with E-state index in [4.69, 9.17) is 4.74 Å². The van der Waals surface area contributed by atoms with E-state index in [-0.39, 0.29) is 5.60 Å². The number of carbonyl (C=O) groups is 1. The van der Waals surface area contributed by atoms with Gasteiger partial charge in [0, 0.05) is 7.11 Å². The Labute approximate surface area is 109 Å². The van der Waals surface area contributed by atoms with Crippen molar-refractivity contribution in [1.29, 1.82) is 0 Å². The summed E-state index contributed by atoms with van der Waals surface area (Å²) < 4.78 is 5.33. The summed E-state index contributed by atoms with van der Waals surface area (Å²) in [6.45, 7) is 5.94. The van der Waals surface area contributed by atoms with Crippen molar-refractivity contribution >= 4 is 5.97 Å². The summed E-state index contributed by atoms with van der Waals surface area (Å²) in [5, 5.41) is 9.32. The molecule has 0 aliphatic carbocycles. The van der Waals surface area contributed by atoms with E-state index in [0.29, 0.717) is 12.8 Å². The zero-order chi connectivity index (χ0) is 13.8. The number of aryl methyl sites for hydroxylation is 1. The van der Waals surface area contributed by atoms with Crippen LogP contribution in [0.25, 0.3) is 0 Å². The summed E-state index contributed by atoms with van der Waals surface area (Å²) >= 11 is 0. The lowest BCUT2D eigenvalue weighted by atomic mass is 9.89. The van der Waals surface area contributed by atoms with Gasteiger partial charge in [0.25, 0.3) is 0 Å². The van der Waals surface area contributed by atoms with Crippen LogP contribution in [0.5, 0.6) is 0 Å². The number of hydrogen-bond donors (Lipinski definition) is 1. The summed E-state index contributed by atoms with van der Waals surface area (Å²) in [6, 6.07) is 7.70. The maximum absolute atomic E-state index is 11.3. The van der Waals surface area contributed by atoms with Crippen molar-refractivity contribution in [2.45, 2.75) is 45.1 Å². The van der Waals surface area contributed by atoms with E-state index in [9.17, 15) is 9.90 Å². The van der Waals surface area contributed by atoms with E-state index in [2.05, 4.69) is 0 Å². The Morgan fingerprint density at radius 1 is 1.33 bits per heavy atom. The molecule has 1 rings (SSSR count). The van der Waals surface area contributed by atoms with Crippen LogP contribution in [0.3, 0.4) is 0 Å². The van der Waals surface area contributed by atoms with Gasteiger partial charge in [0.2, 0.25) is 0 Å². The molecule has 1 atom stereocenters. The normalized spacial score (nSPS) is 13.3. The maximum Gasteiger partial charge on any atom is 0.310 e. The molecule has 0 bridgehead atoms. The SMILES string of the molecule is COC(C)(C)CCC(C(=O)O)c1ccc(C)cc1. The standard InChI is InChI=1S/C15H22O3/c1-11-5-7-12(8-6-11)13(14(16)17)9-10-15(2,3)18-4/h5-8,13H,9-10H2,1-4H3,(H,16,17). The van der Waals surface area contributed by atoms with Crippen molar-refractivity contribution in [3.8, 4) is 0 Å². The first-order chi connectivity index (χ1) is 8.35. The van der Waals surface area contributed by atoms with Gasteiger partial charge in [-0.05, 0) is 39.2 Å². The average molecular weight is 250 g/mol. The average Bonchev–Trinajstić information content (AvgIpc) is 2.31. The minimum Gasteiger partial charge on any atom is -0.481 e. The van der Waals surface area contributed by atoms with Crippen LogP contribution in [0, 0.1) is 6.92 Å². The fourth-order valence-electron chi connectivity index (χ4n) is 1.83. The van der Waals surface area contributed by atoms with Crippen molar-refractivity contribution in [1.82, 2.24) is 0 Å². The van der Waals surface area contributed by atoms with E-state index in [1.165, 1.54) is 0 Å². The molecule has 0 radical (unpaired) electrons. The molecule has 0 saturated carbocycles. The summed E-state index contributed by atoms with van der Waals surface area (Å²) in [7, 11) is 1.65. The number of carboxylic acid groups (broad SMARTS) is 1. The third-order valence-corrected chi connectivity index (χ3v) is 3.37. The van der Waals surface area contributed by atoms with Crippen molar-refractivity contribution < 1.29 is 14.6 Å². The summed E-state index contributed by atoms with van der Waals surface area (Å²) in [5.41, 5.74) is 1.72. The minimum atomic E-state index is -0.772. The van der Waals surface area contributed by atoms with Crippen LogP contribution < -0.4 is 0 Å². The lowest BCUT2D eigenvalue weighted by Crippen LogP contribution is -2.24. The van der Waals surface area contributed by atoms with Crippen LogP contribution in [-0.2, 0) is 9.53 Å². The van der Waals surface area contributed by atoms with E-state index in [0.717, 1.165) is 11.1 Å². The highest BCUT2D eigenvalue weighted by molar-refractivity contribution is 5.76. The van der Waals surface area contributed by atoms with E-state index in [1.54, 1.807) is 7.11 Å². The fourth-order valence-corrected chi connectivity index (χ4v) is 1.83. The Hall–Kier alpha value is -1.35. The highest BCUT2D eigenvalue weighted by Crippen LogP contribution is 2.26. The van der Waals surface area contributed by atoms with Gasteiger partial charge in [0.15, 0.2) is 0 Å². The molecule has 0 amide bonds. The first kappa shape index (κ1) is 14.7.